The average molecular weight is 465 g/mol. The van der Waals surface area contributed by atoms with E-state index in [0.717, 1.165) is 6.20 Å². The maximum Gasteiger partial charge on any atom is 0.407 e. The Morgan fingerprint density at radius 3 is 2.73 bits per heavy atom. The number of hydrogen-bond acceptors (Lipinski definition) is 7. The number of methoxy groups -OCH3 is 1. The third kappa shape index (κ3) is 5.69. The third-order valence-corrected chi connectivity index (χ3v) is 6.23. The summed E-state index contributed by atoms with van der Waals surface area (Å²) in [4.78, 5) is 23.6. The van der Waals surface area contributed by atoms with Gasteiger partial charge in [0, 0.05) is 55.2 Å². The Labute approximate surface area is 192 Å². The van der Waals surface area contributed by atoms with E-state index in [1.165, 1.54) is 12.0 Å². The van der Waals surface area contributed by atoms with Gasteiger partial charge in [-0.25, -0.2) is 14.2 Å². The first-order valence-corrected chi connectivity index (χ1v) is 11.1. The molecule has 0 aromatic carbocycles. The van der Waals surface area contributed by atoms with E-state index in [0.29, 0.717) is 43.0 Å². The zero-order valence-electron chi connectivity index (χ0n) is 19.5. The van der Waals surface area contributed by atoms with Gasteiger partial charge in [-0.05, 0) is 33.3 Å². The molecule has 9 nitrogen and oxygen atoms in total. The van der Waals surface area contributed by atoms with Crippen LogP contribution in [0.25, 0.3) is 11.0 Å². The van der Waals surface area contributed by atoms with E-state index >= 15 is 0 Å². The molecule has 1 amide bonds. The van der Waals surface area contributed by atoms with E-state index in [1.807, 2.05) is 25.7 Å². The fourth-order valence-electron chi connectivity index (χ4n) is 4.41. The number of halogens is 1. The van der Waals surface area contributed by atoms with Gasteiger partial charge in [0.25, 0.3) is 0 Å². The maximum absolute atomic E-state index is 14.9. The number of fused-ring (bicyclic) bond motifs is 1. The molecule has 0 saturated carbocycles. The van der Waals surface area contributed by atoms with Gasteiger partial charge in [-0.1, -0.05) is 0 Å². The first-order valence-electron chi connectivity index (χ1n) is 11.1. The van der Waals surface area contributed by atoms with E-state index in [4.69, 9.17) is 4.74 Å². The second kappa shape index (κ2) is 10.1. The van der Waals surface area contributed by atoms with Crippen molar-refractivity contribution in [2.24, 2.45) is 5.92 Å². The van der Waals surface area contributed by atoms with Crippen molar-refractivity contribution in [1.29, 1.82) is 0 Å². The summed E-state index contributed by atoms with van der Waals surface area (Å²) in [7, 11) is 1.47. The first kappa shape index (κ1) is 25.1. The topological polar surface area (TPSA) is 119 Å². The number of nitrogens with zero attached hydrogens (tertiary/aromatic N) is 4. The van der Waals surface area contributed by atoms with Gasteiger partial charge >= 0.3 is 6.09 Å². The van der Waals surface area contributed by atoms with Crippen LogP contribution in [0.15, 0.2) is 18.3 Å². The molecular weight excluding hydrogens is 431 g/mol. The average Bonchev–Trinajstić information content (AvgIpc) is 2.76. The third-order valence-electron chi connectivity index (χ3n) is 6.23. The number of aromatic nitrogens is 2. The number of carbonyl (C=O) groups is 1. The lowest BCUT2D eigenvalue weighted by Gasteiger charge is -2.42. The van der Waals surface area contributed by atoms with Gasteiger partial charge < -0.3 is 29.9 Å². The van der Waals surface area contributed by atoms with Gasteiger partial charge in [-0.3, -0.25) is 4.98 Å². The van der Waals surface area contributed by atoms with Gasteiger partial charge in [0.1, 0.15) is 5.82 Å². The van der Waals surface area contributed by atoms with Crippen molar-refractivity contribution in [2.45, 2.75) is 44.8 Å². The molecule has 1 aliphatic rings. The molecule has 0 aliphatic carbocycles. The normalized spacial score (nSPS) is 20.6. The molecule has 1 aliphatic heterocycles. The highest BCUT2D eigenvalue weighted by Crippen LogP contribution is 2.30. The number of piperidine rings is 1. The van der Waals surface area contributed by atoms with Crippen LogP contribution in [-0.2, 0) is 0 Å². The summed E-state index contributed by atoms with van der Waals surface area (Å²) in [5, 5.41) is 30.3. The molecule has 3 N–H and O–H groups in total. The summed E-state index contributed by atoms with van der Waals surface area (Å²) >= 11 is 0. The number of aliphatic hydroxyl groups is 2. The summed E-state index contributed by atoms with van der Waals surface area (Å²) in [6.45, 7) is 6.64. The second-order valence-corrected chi connectivity index (χ2v) is 9.56. The van der Waals surface area contributed by atoms with Crippen LogP contribution in [0.1, 0.15) is 38.7 Å². The Morgan fingerprint density at radius 2 is 2.12 bits per heavy atom. The molecule has 3 heterocycles. The van der Waals surface area contributed by atoms with Crippen molar-refractivity contribution in [3.63, 3.8) is 0 Å². The molecule has 10 heteroatoms. The SMILES string of the molecule is COc1ccc2ncc(F)c(C(CO)CN3CC[C@@H](O)[C@@H](CN(C(=O)O)C(C)(C)C)C3)c2n1. The Morgan fingerprint density at radius 1 is 1.39 bits per heavy atom. The van der Waals surface area contributed by atoms with E-state index in [1.54, 1.807) is 12.1 Å². The fraction of sp³-hybridized carbons (Fsp3) is 0.609. The van der Waals surface area contributed by atoms with Crippen LogP contribution in [0, 0.1) is 11.7 Å². The largest absolute Gasteiger partial charge is 0.481 e. The molecule has 2 aromatic rings. The molecule has 0 radical (unpaired) electrons. The summed E-state index contributed by atoms with van der Waals surface area (Å²) in [6.07, 6.45) is -0.0787. The molecule has 0 bridgehead atoms. The number of aliphatic hydroxyl groups excluding tert-OH is 2. The first-order chi connectivity index (χ1) is 15.5. The number of ether oxygens (including phenoxy) is 1. The summed E-state index contributed by atoms with van der Waals surface area (Å²) < 4.78 is 20.1. The zero-order chi connectivity index (χ0) is 24.3. The highest BCUT2D eigenvalue weighted by Gasteiger charge is 2.35. The van der Waals surface area contributed by atoms with E-state index in [-0.39, 0.29) is 24.6 Å². The van der Waals surface area contributed by atoms with Crippen molar-refractivity contribution in [2.75, 3.05) is 39.9 Å². The van der Waals surface area contributed by atoms with Crippen molar-refractivity contribution >= 4 is 17.1 Å². The number of carboxylic acid groups (broad SMARTS) is 1. The van der Waals surface area contributed by atoms with Crippen molar-refractivity contribution < 1.29 is 29.2 Å². The second-order valence-electron chi connectivity index (χ2n) is 9.56. The summed E-state index contributed by atoms with van der Waals surface area (Å²) in [5.41, 5.74) is 0.503. The van der Waals surface area contributed by atoms with Crippen molar-refractivity contribution in [3.05, 3.63) is 29.7 Å². The Kier molecular flexibility index (Phi) is 7.71. The van der Waals surface area contributed by atoms with Crippen LogP contribution in [-0.4, -0.2) is 92.7 Å². The summed E-state index contributed by atoms with van der Waals surface area (Å²) in [5.74, 6) is -1.11. The zero-order valence-corrected chi connectivity index (χ0v) is 19.5. The minimum atomic E-state index is -1.04. The predicted molar refractivity (Wildman–Crippen MR) is 121 cm³/mol. The monoisotopic (exact) mass is 464 g/mol. The lowest BCUT2D eigenvalue weighted by atomic mass is 9.90. The van der Waals surface area contributed by atoms with Crippen LogP contribution in [0.4, 0.5) is 9.18 Å². The minimum Gasteiger partial charge on any atom is -0.481 e. The van der Waals surface area contributed by atoms with E-state index in [2.05, 4.69) is 9.97 Å². The van der Waals surface area contributed by atoms with Gasteiger partial charge in [-0.15, -0.1) is 0 Å². The van der Waals surface area contributed by atoms with Crippen LogP contribution >= 0.6 is 0 Å². The molecular formula is C23H33FN4O5. The molecule has 1 unspecified atom stereocenters. The fourth-order valence-corrected chi connectivity index (χ4v) is 4.41. The van der Waals surface area contributed by atoms with Crippen molar-refractivity contribution in [3.8, 4) is 5.88 Å². The van der Waals surface area contributed by atoms with Crippen molar-refractivity contribution in [1.82, 2.24) is 19.8 Å². The van der Waals surface area contributed by atoms with Gasteiger partial charge in [-0.2, -0.15) is 0 Å². The molecule has 1 fully saturated rings. The van der Waals surface area contributed by atoms with Gasteiger partial charge in [0.2, 0.25) is 5.88 Å². The smallest absolute Gasteiger partial charge is 0.407 e. The van der Waals surface area contributed by atoms with Crippen LogP contribution in [0.3, 0.4) is 0 Å². The van der Waals surface area contributed by atoms with Gasteiger partial charge in [0.05, 0.1) is 37.1 Å². The lowest BCUT2D eigenvalue weighted by Crippen LogP contribution is -2.53. The molecule has 3 rings (SSSR count). The Balaban J connectivity index is 1.83. The Hall–Kier alpha value is -2.56. The Bertz CT molecular complexity index is 983. The minimum absolute atomic E-state index is 0.186. The van der Waals surface area contributed by atoms with Crippen LogP contribution < -0.4 is 4.74 Å². The lowest BCUT2D eigenvalue weighted by molar-refractivity contribution is -0.00468. The highest BCUT2D eigenvalue weighted by atomic mass is 19.1. The number of rotatable bonds is 7. The van der Waals surface area contributed by atoms with Gasteiger partial charge in [0.15, 0.2) is 0 Å². The molecule has 182 valence electrons. The molecule has 2 aromatic heterocycles. The number of hydrogen-bond donors (Lipinski definition) is 3. The quantitative estimate of drug-likeness (QED) is 0.571. The molecule has 1 saturated heterocycles. The predicted octanol–water partition coefficient (Wildman–Crippen LogP) is 2.31. The van der Waals surface area contributed by atoms with E-state index in [9.17, 15) is 24.5 Å². The van der Waals surface area contributed by atoms with Crippen LogP contribution in [0.2, 0.25) is 0 Å². The highest BCUT2D eigenvalue weighted by molar-refractivity contribution is 5.79. The molecule has 0 spiro atoms. The van der Waals surface area contributed by atoms with E-state index < -0.39 is 29.5 Å². The number of amides is 1. The van der Waals surface area contributed by atoms with Crippen LogP contribution in [0.5, 0.6) is 5.88 Å². The number of pyridine rings is 2. The summed E-state index contributed by atoms with van der Waals surface area (Å²) in [6, 6.07) is 3.34. The number of likely N-dealkylation sites (tertiary alicyclic amines) is 1. The molecule has 33 heavy (non-hydrogen) atoms. The molecule has 3 atom stereocenters. The maximum atomic E-state index is 14.9. The standard InChI is InChI=1S/C23H33FN4O5/c1-23(2,3)28(22(31)32)12-14-10-27(8-7-18(14)30)11-15(13-29)20-16(24)9-25-17-5-6-19(33-4)26-21(17)20/h5-6,9,14-15,18,29-30H,7-8,10-13H2,1-4H3,(H,31,32)/t14-,15?,18-/m1/s1.